The molecular weight excluding hydrogens is 390 g/mol. The van der Waals surface area contributed by atoms with E-state index in [1.54, 1.807) is 18.2 Å². The molecule has 0 bridgehead atoms. The van der Waals surface area contributed by atoms with Crippen LogP contribution in [0.5, 0.6) is 5.75 Å². The van der Waals surface area contributed by atoms with E-state index in [4.69, 9.17) is 0 Å². The molecule has 0 aromatic heterocycles. The molecule has 2 aromatic rings. The van der Waals surface area contributed by atoms with Crippen molar-refractivity contribution in [3.63, 3.8) is 0 Å². The highest BCUT2D eigenvalue weighted by atomic mass is 16.3. The maximum Gasteiger partial charge on any atom is 0.246 e. The predicted octanol–water partition coefficient (Wildman–Crippen LogP) is 3.26. The van der Waals surface area contributed by atoms with Gasteiger partial charge in [-0.1, -0.05) is 42.5 Å². The van der Waals surface area contributed by atoms with E-state index in [2.05, 4.69) is 10.6 Å². The molecule has 164 valence electrons. The molecule has 3 N–H and O–H groups in total. The molecule has 0 saturated carbocycles. The quantitative estimate of drug-likeness (QED) is 0.665. The van der Waals surface area contributed by atoms with Gasteiger partial charge >= 0.3 is 0 Å². The van der Waals surface area contributed by atoms with Crippen LogP contribution in [0.15, 0.2) is 60.7 Å². The fourth-order valence-electron chi connectivity index (χ4n) is 3.69. The summed E-state index contributed by atoms with van der Waals surface area (Å²) in [6, 6.07) is 17.0. The molecule has 6 nitrogen and oxygen atoms in total. The average Bonchev–Trinajstić information content (AvgIpc) is 2.80. The Bertz CT molecular complexity index is 865. The second-order valence-electron chi connectivity index (χ2n) is 7.76. The second-order valence-corrected chi connectivity index (χ2v) is 7.76. The Morgan fingerprint density at radius 2 is 1.74 bits per heavy atom. The SMILES string of the molecule is O=C1CCN[C@@H](c2ccc(O)cc2)CCCN(C(=O)/C=C\c2ccccc2)CCCN1. The number of phenols is 1. The number of carbonyl (C=O) groups excluding carboxylic acids is 2. The Morgan fingerprint density at radius 1 is 1.00 bits per heavy atom. The molecule has 0 aliphatic carbocycles. The van der Waals surface area contributed by atoms with Gasteiger partial charge in [-0.25, -0.2) is 0 Å². The van der Waals surface area contributed by atoms with Crippen molar-refractivity contribution < 1.29 is 14.7 Å². The van der Waals surface area contributed by atoms with Gasteiger partial charge in [-0.2, -0.15) is 0 Å². The van der Waals surface area contributed by atoms with Crippen molar-refractivity contribution in [1.29, 1.82) is 0 Å². The van der Waals surface area contributed by atoms with E-state index in [9.17, 15) is 14.7 Å². The monoisotopic (exact) mass is 421 g/mol. The van der Waals surface area contributed by atoms with Gasteiger partial charge in [-0.15, -0.1) is 0 Å². The summed E-state index contributed by atoms with van der Waals surface area (Å²) in [5.41, 5.74) is 2.06. The largest absolute Gasteiger partial charge is 0.508 e. The van der Waals surface area contributed by atoms with Gasteiger partial charge in [-0.05, 0) is 48.6 Å². The zero-order valence-electron chi connectivity index (χ0n) is 17.8. The lowest BCUT2D eigenvalue weighted by molar-refractivity contribution is -0.126. The zero-order valence-corrected chi connectivity index (χ0v) is 17.8. The van der Waals surface area contributed by atoms with E-state index in [-0.39, 0.29) is 23.6 Å². The number of hydrogen-bond donors (Lipinski definition) is 3. The molecule has 2 aromatic carbocycles. The lowest BCUT2D eigenvalue weighted by Gasteiger charge is -2.23. The summed E-state index contributed by atoms with van der Waals surface area (Å²) in [5, 5.41) is 16.0. The molecule has 1 atom stereocenters. The Labute approximate surface area is 184 Å². The summed E-state index contributed by atoms with van der Waals surface area (Å²) in [6.45, 7) is 2.41. The highest BCUT2D eigenvalue weighted by Crippen LogP contribution is 2.21. The lowest BCUT2D eigenvalue weighted by Crippen LogP contribution is -2.34. The fraction of sp³-hybridized carbons (Fsp3) is 0.360. The van der Waals surface area contributed by atoms with Gasteiger partial charge in [0, 0.05) is 44.7 Å². The smallest absolute Gasteiger partial charge is 0.246 e. The Balaban J connectivity index is 1.67. The molecule has 1 fully saturated rings. The van der Waals surface area contributed by atoms with Crippen LogP contribution < -0.4 is 10.6 Å². The van der Waals surface area contributed by atoms with Crippen molar-refractivity contribution >= 4 is 17.9 Å². The van der Waals surface area contributed by atoms with E-state index in [0.29, 0.717) is 32.6 Å². The minimum absolute atomic E-state index is 0.0121. The van der Waals surface area contributed by atoms with Gasteiger partial charge in [0.1, 0.15) is 5.75 Å². The van der Waals surface area contributed by atoms with Crippen molar-refractivity contribution in [1.82, 2.24) is 15.5 Å². The van der Waals surface area contributed by atoms with Crippen LogP contribution in [0, 0.1) is 0 Å². The predicted molar refractivity (Wildman–Crippen MR) is 122 cm³/mol. The number of aromatic hydroxyl groups is 1. The third-order valence-electron chi connectivity index (χ3n) is 5.42. The number of hydrogen-bond acceptors (Lipinski definition) is 4. The molecule has 0 spiro atoms. The molecule has 1 saturated heterocycles. The normalized spacial score (nSPS) is 19.2. The van der Waals surface area contributed by atoms with E-state index >= 15 is 0 Å². The molecule has 1 heterocycles. The first-order chi connectivity index (χ1) is 15.1. The summed E-state index contributed by atoms with van der Waals surface area (Å²) in [5.74, 6) is 0.229. The number of phenolic OH excluding ortho intramolecular Hbond substituents is 1. The molecule has 0 unspecified atom stereocenters. The first kappa shape index (κ1) is 22.6. The van der Waals surface area contributed by atoms with E-state index in [1.165, 1.54) is 0 Å². The maximum absolute atomic E-state index is 12.8. The van der Waals surface area contributed by atoms with Crippen molar-refractivity contribution in [2.24, 2.45) is 0 Å². The molecule has 1 aliphatic rings. The molecule has 3 rings (SSSR count). The molecule has 2 amide bonds. The molecular formula is C25H31N3O3. The number of nitrogens with zero attached hydrogens (tertiary/aromatic N) is 1. The van der Waals surface area contributed by atoms with Gasteiger partial charge in [0.2, 0.25) is 11.8 Å². The van der Waals surface area contributed by atoms with Crippen molar-refractivity contribution in [3.8, 4) is 5.75 Å². The summed E-state index contributed by atoms with van der Waals surface area (Å²) in [4.78, 5) is 26.7. The van der Waals surface area contributed by atoms with Crippen LogP contribution in [0.4, 0.5) is 0 Å². The zero-order chi connectivity index (χ0) is 21.9. The van der Waals surface area contributed by atoms with Crippen LogP contribution in [0.3, 0.4) is 0 Å². The molecule has 31 heavy (non-hydrogen) atoms. The minimum Gasteiger partial charge on any atom is -0.508 e. The van der Waals surface area contributed by atoms with Crippen molar-refractivity contribution in [2.45, 2.75) is 31.7 Å². The Morgan fingerprint density at radius 3 is 2.52 bits per heavy atom. The fourth-order valence-corrected chi connectivity index (χ4v) is 3.69. The van der Waals surface area contributed by atoms with Gasteiger partial charge in [0.15, 0.2) is 0 Å². The van der Waals surface area contributed by atoms with Crippen LogP contribution in [0.1, 0.15) is 42.9 Å². The minimum atomic E-state index is -0.0146. The van der Waals surface area contributed by atoms with Gasteiger partial charge in [-0.3, -0.25) is 9.59 Å². The molecule has 0 radical (unpaired) electrons. The highest BCUT2D eigenvalue weighted by molar-refractivity contribution is 5.91. The van der Waals surface area contributed by atoms with Crippen molar-refractivity contribution in [2.75, 3.05) is 26.2 Å². The van der Waals surface area contributed by atoms with Crippen molar-refractivity contribution in [3.05, 3.63) is 71.8 Å². The number of carbonyl (C=O) groups is 2. The van der Waals surface area contributed by atoms with Crippen LogP contribution in [-0.4, -0.2) is 48.0 Å². The van der Waals surface area contributed by atoms with Crippen LogP contribution in [0.25, 0.3) is 6.08 Å². The van der Waals surface area contributed by atoms with E-state index in [0.717, 1.165) is 30.4 Å². The Hall–Kier alpha value is -3.12. The standard InChI is InChI=1S/C25H31N3O3/c29-22-12-10-21(11-13-22)23-8-4-18-28(19-5-16-27-24(30)15-17-26-23)25(31)14-9-20-6-2-1-3-7-20/h1-3,6-7,9-14,23,26,29H,4-5,8,15-19H2,(H,27,30)/b14-9-/t23-/m1/s1. The number of nitrogens with one attached hydrogen (secondary N) is 2. The van der Waals surface area contributed by atoms with Gasteiger partial charge < -0.3 is 20.6 Å². The molecule has 6 heteroatoms. The summed E-state index contributed by atoms with van der Waals surface area (Å²) < 4.78 is 0. The van der Waals surface area contributed by atoms with Crippen LogP contribution in [0.2, 0.25) is 0 Å². The second kappa shape index (κ2) is 11.9. The Kier molecular flexibility index (Phi) is 8.67. The van der Waals surface area contributed by atoms with Crippen LogP contribution in [-0.2, 0) is 9.59 Å². The van der Waals surface area contributed by atoms with Gasteiger partial charge in [0.05, 0.1) is 0 Å². The molecule has 1 aliphatic heterocycles. The average molecular weight is 422 g/mol. The number of rotatable bonds is 3. The van der Waals surface area contributed by atoms with Gasteiger partial charge in [0.25, 0.3) is 0 Å². The van der Waals surface area contributed by atoms with E-state index in [1.807, 2.05) is 53.4 Å². The third-order valence-corrected chi connectivity index (χ3v) is 5.42. The number of benzene rings is 2. The van der Waals surface area contributed by atoms with Crippen LogP contribution >= 0.6 is 0 Å². The van der Waals surface area contributed by atoms with E-state index < -0.39 is 0 Å². The number of amides is 2. The lowest BCUT2D eigenvalue weighted by atomic mass is 10.0. The topological polar surface area (TPSA) is 81.7 Å². The summed E-state index contributed by atoms with van der Waals surface area (Å²) >= 11 is 0. The summed E-state index contributed by atoms with van der Waals surface area (Å²) in [7, 11) is 0. The first-order valence-corrected chi connectivity index (χ1v) is 10.9. The summed E-state index contributed by atoms with van der Waals surface area (Å²) in [6.07, 6.45) is 6.28. The first-order valence-electron chi connectivity index (χ1n) is 10.9. The highest BCUT2D eigenvalue weighted by Gasteiger charge is 2.16. The maximum atomic E-state index is 12.8. The third kappa shape index (κ3) is 7.57.